The monoisotopic (exact) mass is 209 g/mol. The number of alkyl halides is 3. The summed E-state index contributed by atoms with van der Waals surface area (Å²) in [5, 5.41) is 0. The average Bonchev–Trinajstić information content (AvgIpc) is 2.50. The molecule has 0 spiro atoms. The van der Waals surface area contributed by atoms with E-state index in [9.17, 15) is 13.2 Å². The highest BCUT2D eigenvalue weighted by Gasteiger charge is 2.39. The van der Waals surface area contributed by atoms with Crippen molar-refractivity contribution < 1.29 is 22.3 Å². The van der Waals surface area contributed by atoms with Gasteiger partial charge in [0.25, 0.3) is 0 Å². The predicted octanol–water partition coefficient (Wildman–Crippen LogP) is 1.99. The molecule has 2 N–H and O–H groups in total. The zero-order valence-corrected chi connectivity index (χ0v) is 7.47. The molecule has 1 aromatic heterocycles. The smallest absolute Gasteiger partial charge is 0.410 e. The van der Waals surface area contributed by atoms with E-state index in [-0.39, 0.29) is 12.4 Å². The largest absolute Gasteiger partial charge is 0.462 e. The summed E-state index contributed by atoms with van der Waals surface area (Å²) in [6.45, 7) is 0.130. The normalized spacial score (nSPS) is 14.4. The Kier molecular flexibility index (Phi) is 3.17. The lowest BCUT2D eigenvalue weighted by Gasteiger charge is -2.12. The first-order valence-corrected chi connectivity index (χ1v) is 3.85. The molecule has 14 heavy (non-hydrogen) atoms. The van der Waals surface area contributed by atoms with Crippen LogP contribution in [0.5, 0.6) is 0 Å². The minimum atomic E-state index is -4.48. The predicted molar refractivity (Wildman–Crippen MR) is 42.4 cm³/mol. The summed E-state index contributed by atoms with van der Waals surface area (Å²) < 4.78 is 45.9. The summed E-state index contributed by atoms with van der Waals surface area (Å²) in [5.41, 5.74) is 4.92. The fourth-order valence-electron chi connectivity index (χ4n) is 0.943. The molecule has 0 aromatic carbocycles. The van der Waals surface area contributed by atoms with E-state index in [1.54, 1.807) is 0 Å². The second kappa shape index (κ2) is 4.02. The van der Waals surface area contributed by atoms with Crippen molar-refractivity contribution in [3.8, 4) is 0 Å². The van der Waals surface area contributed by atoms with Gasteiger partial charge in [-0.2, -0.15) is 13.2 Å². The van der Waals surface area contributed by atoms with Gasteiger partial charge < -0.3 is 14.9 Å². The Labute approximate surface area is 78.6 Å². The first-order chi connectivity index (χ1) is 6.45. The maximum absolute atomic E-state index is 12.1. The highest BCUT2D eigenvalue weighted by atomic mass is 19.4. The minimum Gasteiger partial charge on any atom is -0.462 e. The van der Waals surface area contributed by atoms with Gasteiger partial charge in [-0.3, -0.25) is 0 Å². The van der Waals surface area contributed by atoms with Gasteiger partial charge in [-0.25, -0.2) is 0 Å². The molecule has 6 heteroatoms. The Balaban J connectivity index is 2.76. The number of ether oxygens (including phenoxy) is 1. The Morgan fingerprint density at radius 3 is 2.64 bits per heavy atom. The molecule has 0 aliphatic carbocycles. The first kappa shape index (κ1) is 11.1. The molecule has 0 saturated heterocycles. The molecule has 0 radical (unpaired) electrons. The van der Waals surface area contributed by atoms with Gasteiger partial charge in [0, 0.05) is 7.11 Å². The van der Waals surface area contributed by atoms with Crippen molar-refractivity contribution in [2.24, 2.45) is 5.73 Å². The van der Waals surface area contributed by atoms with E-state index in [1.807, 2.05) is 0 Å². The Morgan fingerprint density at radius 2 is 2.14 bits per heavy atom. The molecule has 0 amide bonds. The second-order valence-electron chi connectivity index (χ2n) is 2.76. The number of methoxy groups -OCH3 is 1. The van der Waals surface area contributed by atoms with Crippen LogP contribution >= 0.6 is 0 Å². The van der Waals surface area contributed by atoms with Crippen molar-refractivity contribution in [2.45, 2.75) is 18.8 Å². The van der Waals surface area contributed by atoms with E-state index in [0.29, 0.717) is 5.76 Å². The molecular formula is C8H10F3NO2. The minimum absolute atomic E-state index is 0.130. The molecule has 1 atom stereocenters. The highest BCUT2D eigenvalue weighted by molar-refractivity contribution is 5.11. The van der Waals surface area contributed by atoms with Gasteiger partial charge in [0.05, 0.1) is 0 Å². The maximum Gasteiger partial charge on any atom is 0.410 e. The van der Waals surface area contributed by atoms with E-state index in [1.165, 1.54) is 19.2 Å². The molecule has 0 fully saturated rings. The fourth-order valence-corrected chi connectivity index (χ4v) is 0.943. The van der Waals surface area contributed by atoms with Gasteiger partial charge in [-0.05, 0) is 12.1 Å². The third-order valence-electron chi connectivity index (χ3n) is 1.63. The molecule has 1 rings (SSSR count). The van der Waals surface area contributed by atoms with Crippen LogP contribution in [0, 0.1) is 0 Å². The third kappa shape index (κ3) is 2.49. The van der Waals surface area contributed by atoms with Gasteiger partial charge in [0.15, 0.2) is 6.04 Å². The molecule has 0 saturated carbocycles. The van der Waals surface area contributed by atoms with E-state index in [4.69, 9.17) is 14.9 Å². The zero-order valence-electron chi connectivity index (χ0n) is 7.47. The molecule has 1 heterocycles. The molecule has 0 aliphatic rings. The molecule has 1 aromatic rings. The number of hydrogen-bond donors (Lipinski definition) is 1. The topological polar surface area (TPSA) is 48.4 Å². The van der Waals surface area contributed by atoms with Gasteiger partial charge in [0.1, 0.15) is 18.1 Å². The van der Waals surface area contributed by atoms with Crippen LogP contribution in [-0.4, -0.2) is 13.3 Å². The zero-order chi connectivity index (χ0) is 10.8. The summed E-state index contributed by atoms with van der Waals surface area (Å²) in [6.07, 6.45) is -4.48. The van der Waals surface area contributed by atoms with Crippen LogP contribution in [0.25, 0.3) is 0 Å². The third-order valence-corrected chi connectivity index (χ3v) is 1.63. The van der Waals surface area contributed by atoms with E-state index < -0.39 is 12.2 Å². The van der Waals surface area contributed by atoms with Crippen LogP contribution in [0.15, 0.2) is 16.5 Å². The summed E-state index contributed by atoms with van der Waals surface area (Å²) in [4.78, 5) is 0. The van der Waals surface area contributed by atoms with Crippen LogP contribution in [0.3, 0.4) is 0 Å². The van der Waals surface area contributed by atoms with Crippen LogP contribution in [-0.2, 0) is 11.3 Å². The standard InChI is InChI=1S/C8H10F3NO2/c1-13-4-5-2-3-6(14-5)7(12)8(9,10)11/h2-3,7H,4,12H2,1H3. The van der Waals surface area contributed by atoms with Gasteiger partial charge in [0.2, 0.25) is 0 Å². The van der Waals surface area contributed by atoms with Crippen molar-refractivity contribution in [1.29, 1.82) is 0 Å². The Morgan fingerprint density at radius 1 is 1.50 bits per heavy atom. The lowest BCUT2D eigenvalue weighted by atomic mass is 10.2. The highest BCUT2D eigenvalue weighted by Crippen LogP contribution is 2.31. The quantitative estimate of drug-likeness (QED) is 0.828. The summed E-state index contributed by atoms with van der Waals surface area (Å²) in [6, 6.07) is 0.532. The number of hydrogen-bond acceptors (Lipinski definition) is 3. The van der Waals surface area contributed by atoms with Crippen LogP contribution in [0.4, 0.5) is 13.2 Å². The van der Waals surface area contributed by atoms with E-state index >= 15 is 0 Å². The van der Waals surface area contributed by atoms with Gasteiger partial charge in [-0.15, -0.1) is 0 Å². The average molecular weight is 209 g/mol. The SMILES string of the molecule is COCc1ccc(C(N)C(F)(F)F)o1. The van der Waals surface area contributed by atoms with Crippen LogP contribution in [0.1, 0.15) is 17.6 Å². The molecule has 80 valence electrons. The number of furan rings is 1. The molecule has 1 unspecified atom stereocenters. The number of rotatable bonds is 3. The van der Waals surface area contributed by atoms with Crippen molar-refractivity contribution in [3.63, 3.8) is 0 Å². The van der Waals surface area contributed by atoms with Crippen LogP contribution < -0.4 is 5.73 Å². The van der Waals surface area contributed by atoms with Gasteiger partial charge in [-0.1, -0.05) is 0 Å². The van der Waals surface area contributed by atoms with Crippen molar-refractivity contribution in [2.75, 3.05) is 7.11 Å². The van der Waals surface area contributed by atoms with Crippen molar-refractivity contribution in [3.05, 3.63) is 23.7 Å². The summed E-state index contributed by atoms with van der Waals surface area (Å²) in [5.74, 6) is 0.0201. The van der Waals surface area contributed by atoms with Crippen LogP contribution in [0.2, 0.25) is 0 Å². The molecular weight excluding hydrogens is 199 g/mol. The second-order valence-corrected chi connectivity index (χ2v) is 2.76. The van der Waals surface area contributed by atoms with Gasteiger partial charge >= 0.3 is 6.18 Å². The Hall–Kier alpha value is -1.01. The summed E-state index contributed by atoms with van der Waals surface area (Å²) >= 11 is 0. The molecule has 0 bridgehead atoms. The molecule has 0 aliphatic heterocycles. The van der Waals surface area contributed by atoms with E-state index in [2.05, 4.69) is 0 Å². The number of nitrogens with two attached hydrogens (primary N) is 1. The van der Waals surface area contributed by atoms with E-state index in [0.717, 1.165) is 0 Å². The fraction of sp³-hybridized carbons (Fsp3) is 0.500. The summed E-state index contributed by atoms with van der Waals surface area (Å²) in [7, 11) is 1.42. The lowest BCUT2D eigenvalue weighted by molar-refractivity contribution is -0.152. The molecule has 3 nitrogen and oxygen atoms in total. The number of halogens is 3. The first-order valence-electron chi connectivity index (χ1n) is 3.85. The van der Waals surface area contributed by atoms with Crippen molar-refractivity contribution >= 4 is 0 Å². The maximum atomic E-state index is 12.1. The Bertz CT molecular complexity index is 295. The lowest BCUT2D eigenvalue weighted by Crippen LogP contribution is -2.27. The van der Waals surface area contributed by atoms with Crippen molar-refractivity contribution in [1.82, 2.24) is 0 Å².